The zero-order valence-corrected chi connectivity index (χ0v) is 8.03. The molecule has 0 saturated carbocycles. The third kappa shape index (κ3) is 1.12. The molecule has 2 atom stereocenters. The standard InChI is InChI=1S/C12H12N2/c1-3-7-13-9-10-14-8-4-2-6-12(14)11(13)5-1/h1-8H,9-10H2/p+2. The molecule has 3 aliphatic rings. The highest BCUT2D eigenvalue weighted by Crippen LogP contribution is 2.03. The van der Waals surface area contributed by atoms with Gasteiger partial charge in [-0.15, -0.1) is 0 Å². The lowest BCUT2D eigenvalue weighted by molar-refractivity contribution is -0.898. The fraction of sp³-hybridized carbons (Fsp3) is 0.167. The lowest BCUT2D eigenvalue weighted by atomic mass is 10.1. The molecule has 0 aromatic rings. The van der Waals surface area contributed by atoms with Crippen molar-refractivity contribution in [3.05, 3.63) is 60.3 Å². The van der Waals surface area contributed by atoms with Gasteiger partial charge in [0.2, 0.25) is 0 Å². The summed E-state index contributed by atoms with van der Waals surface area (Å²) < 4.78 is 0. The Kier molecular flexibility index (Phi) is 1.76. The molecule has 0 bridgehead atoms. The summed E-state index contributed by atoms with van der Waals surface area (Å²) in [6.07, 6.45) is 17.5. The number of allylic oxidation sites excluding steroid dienone is 6. The molecule has 3 heterocycles. The number of hydrogen-bond acceptors (Lipinski definition) is 0. The Morgan fingerprint density at radius 2 is 1.21 bits per heavy atom. The maximum absolute atomic E-state index is 2.24. The van der Waals surface area contributed by atoms with Crippen LogP contribution >= 0.6 is 0 Å². The zero-order valence-electron chi connectivity index (χ0n) is 8.03. The van der Waals surface area contributed by atoms with Crippen LogP contribution in [0.15, 0.2) is 60.3 Å². The van der Waals surface area contributed by atoms with Gasteiger partial charge in [0.15, 0.2) is 11.4 Å². The highest BCUT2D eigenvalue weighted by molar-refractivity contribution is 5.30. The highest BCUT2D eigenvalue weighted by Gasteiger charge is 2.30. The Labute approximate surface area is 83.8 Å². The molecule has 0 amide bonds. The van der Waals surface area contributed by atoms with E-state index in [1.54, 1.807) is 0 Å². The van der Waals surface area contributed by atoms with Crippen molar-refractivity contribution in [2.24, 2.45) is 0 Å². The lowest BCUT2D eigenvalue weighted by Crippen LogP contribution is -3.20. The van der Waals surface area contributed by atoms with Gasteiger partial charge in [-0.05, 0) is 12.2 Å². The summed E-state index contributed by atoms with van der Waals surface area (Å²) in [4.78, 5) is 2.98. The molecular formula is C12H14N2+2. The first kappa shape index (κ1) is 7.97. The van der Waals surface area contributed by atoms with Crippen molar-refractivity contribution in [1.29, 1.82) is 0 Å². The van der Waals surface area contributed by atoms with Crippen LogP contribution in [0.1, 0.15) is 0 Å². The van der Waals surface area contributed by atoms with Crippen LogP contribution in [0.25, 0.3) is 0 Å². The Morgan fingerprint density at radius 1 is 0.714 bits per heavy atom. The Balaban J connectivity index is 2.10. The lowest BCUT2D eigenvalue weighted by Gasteiger charge is -2.28. The Bertz CT molecular complexity index is 359. The van der Waals surface area contributed by atoms with Gasteiger partial charge < -0.3 is 0 Å². The number of hydrogen-bond donors (Lipinski definition) is 2. The van der Waals surface area contributed by atoms with E-state index in [2.05, 4.69) is 48.9 Å². The van der Waals surface area contributed by atoms with Crippen LogP contribution in [0, 0.1) is 0 Å². The predicted octanol–water partition coefficient (Wildman–Crippen LogP) is -0.852. The molecule has 2 nitrogen and oxygen atoms in total. The van der Waals surface area contributed by atoms with Crippen molar-refractivity contribution in [1.82, 2.24) is 0 Å². The third-order valence-electron chi connectivity index (χ3n) is 2.99. The largest absolute Gasteiger partial charge is 0.266 e. The predicted molar refractivity (Wildman–Crippen MR) is 55.2 cm³/mol. The fourth-order valence-corrected chi connectivity index (χ4v) is 2.27. The van der Waals surface area contributed by atoms with Gasteiger partial charge in [0.05, 0.1) is 12.4 Å². The Hall–Kier alpha value is -1.38. The first-order valence-electron chi connectivity index (χ1n) is 5.11. The van der Waals surface area contributed by atoms with E-state index < -0.39 is 0 Å². The molecule has 0 aliphatic carbocycles. The SMILES string of the molecule is C1=CC2=C3C=CC=C[NH+]3CC[NH+]2C=C1. The monoisotopic (exact) mass is 186 g/mol. The molecule has 0 spiro atoms. The molecule has 0 fully saturated rings. The van der Waals surface area contributed by atoms with Gasteiger partial charge in [-0.3, -0.25) is 9.80 Å². The van der Waals surface area contributed by atoms with Crippen molar-refractivity contribution >= 4 is 0 Å². The second-order valence-electron chi connectivity index (χ2n) is 3.81. The minimum atomic E-state index is 1.19. The molecule has 2 N–H and O–H groups in total. The van der Waals surface area contributed by atoms with Crippen LogP contribution in [-0.2, 0) is 0 Å². The second kappa shape index (κ2) is 3.08. The third-order valence-corrected chi connectivity index (χ3v) is 2.99. The highest BCUT2D eigenvalue weighted by atomic mass is 15.2. The Morgan fingerprint density at radius 3 is 1.71 bits per heavy atom. The van der Waals surface area contributed by atoms with Crippen molar-refractivity contribution < 1.29 is 9.80 Å². The van der Waals surface area contributed by atoms with E-state index in [4.69, 9.17) is 0 Å². The quantitative estimate of drug-likeness (QED) is 0.487. The molecular weight excluding hydrogens is 172 g/mol. The van der Waals surface area contributed by atoms with Crippen LogP contribution in [0.4, 0.5) is 0 Å². The zero-order chi connectivity index (χ0) is 9.38. The number of fused-ring (bicyclic) bond motifs is 2. The average Bonchev–Trinajstić information content (AvgIpc) is 2.29. The van der Waals surface area contributed by atoms with E-state index in [0.29, 0.717) is 0 Å². The molecule has 0 radical (unpaired) electrons. The summed E-state index contributed by atoms with van der Waals surface area (Å²) in [6.45, 7) is 2.38. The summed E-state index contributed by atoms with van der Waals surface area (Å²) >= 11 is 0. The first-order chi connectivity index (χ1) is 6.95. The molecule has 2 unspecified atom stereocenters. The van der Waals surface area contributed by atoms with E-state index >= 15 is 0 Å². The summed E-state index contributed by atoms with van der Waals surface area (Å²) in [5.41, 5.74) is 2.85. The van der Waals surface area contributed by atoms with Crippen LogP contribution in [-0.4, -0.2) is 13.1 Å². The average molecular weight is 186 g/mol. The minimum absolute atomic E-state index is 1.19. The molecule has 2 heteroatoms. The van der Waals surface area contributed by atoms with Crippen molar-refractivity contribution in [2.45, 2.75) is 0 Å². The smallest absolute Gasteiger partial charge is 0.197 e. The van der Waals surface area contributed by atoms with Gasteiger partial charge in [0, 0.05) is 12.2 Å². The van der Waals surface area contributed by atoms with Crippen molar-refractivity contribution in [3.63, 3.8) is 0 Å². The molecule has 14 heavy (non-hydrogen) atoms. The molecule has 0 aromatic heterocycles. The van der Waals surface area contributed by atoms with Gasteiger partial charge in [-0.1, -0.05) is 12.2 Å². The summed E-state index contributed by atoms with van der Waals surface area (Å²) in [6, 6.07) is 0. The van der Waals surface area contributed by atoms with Crippen LogP contribution in [0.2, 0.25) is 0 Å². The maximum atomic E-state index is 2.24. The van der Waals surface area contributed by atoms with Crippen LogP contribution in [0.5, 0.6) is 0 Å². The van der Waals surface area contributed by atoms with Crippen molar-refractivity contribution in [2.75, 3.05) is 13.1 Å². The number of nitrogens with one attached hydrogen (secondary N) is 2. The van der Waals surface area contributed by atoms with Crippen LogP contribution in [0.3, 0.4) is 0 Å². The van der Waals surface area contributed by atoms with Gasteiger partial charge >= 0.3 is 0 Å². The van der Waals surface area contributed by atoms with E-state index in [-0.39, 0.29) is 0 Å². The van der Waals surface area contributed by atoms with E-state index in [1.807, 2.05) is 0 Å². The normalized spacial score (nSPS) is 33.1. The molecule has 70 valence electrons. The minimum Gasteiger partial charge on any atom is -0.266 e. The summed E-state index contributed by atoms with van der Waals surface area (Å²) in [5.74, 6) is 0. The first-order valence-corrected chi connectivity index (χ1v) is 5.11. The molecule has 0 aromatic carbocycles. The number of quaternary nitrogens is 2. The van der Waals surface area contributed by atoms with Crippen molar-refractivity contribution in [3.8, 4) is 0 Å². The van der Waals surface area contributed by atoms with Gasteiger partial charge in [0.1, 0.15) is 13.1 Å². The fourth-order valence-electron chi connectivity index (χ4n) is 2.27. The number of rotatable bonds is 0. The molecule has 3 aliphatic heterocycles. The van der Waals surface area contributed by atoms with E-state index in [1.165, 1.54) is 34.3 Å². The topological polar surface area (TPSA) is 8.88 Å². The second-order valence-corrected chi connectivity index (χ2v) is 3.81. The molecule has 3 rings (SSSR count). The van der Waals surface area contributed by atoms with Gasteiger partial charge in [0.25, 0.3) is 0 Å². The van der Waals surface area contributed by atoms with E-state index in [9.17, 15) is 0 Å². The van der Waals surface area contributed by atoms with Crippen LogP contribution < -0.4 is 9.80 Å². The van der Waals surface area contributed by atoms with Gasteiger partial charge in [-0.2, -0.15) is 0 Å². The summed E-state index contributed by atoms with van der Waals surface area (Å²) in [5, 5.41) is 0. The van der Waals surface area contributed by atoms with E-state index in [0.717, 1.165) is 0 Å². The maximum Gasteiger partial charge on any atom is 0.197 e. The molecule has 0 saturated heterocycles. The van der Waals surface area contributed by atoms with Gasteiger partial charge in [-0.25, -0.2) is 0 Å². The summed E-state index contributed by atoms with van der Waals surface area (Å²) in [7, 11) is 0.